The van der Waals surface area contributed by atoms with Gasteiger partial charge >= 0.3 is 0 Å². The topological polar surface area (TPSA) is 208 Å². The molecule has 8 N–H and O–H groups in total. The minimum Gasteiger partial charge on any atom is -0.394 e. The second-order valence-corrected chi connectivity index (χ2v) is 9.24. The zero-order valence-electron chi connectivity index (χ0n) is 20.7. The highest BCUT2D eigenvalue weighted by atomic mass is 16.7. The van der Waals surface area contributed by atoms with E-state index in [-0.39, 0.29) is 12.5 Å². The van der Waals surface area contributed by atoms with Crippen LogP contribution in [-0.2, 0) is 23.7 Å². The number of rotatable bonds is 15. The Morgan fingerprint density at radius 2 is 1.42 bits per heavy atom. The molecule has 1 amide bonds. The number of hydrogen-bond acceptors (Lipinski definition) is 12. The van der Waals surface area contributed by atoms with E-state index in [1.54, 1.807) is 0 Å². The standard InChI is InChI=1S/C23H43NO12/c1-2-3-8-15(27)24-9-6-4-5-7-10-33-22-20(32)21(17(29)14(12-26)34-22)36-23-19(31)18(30)16(28)13(11-25)35-23/h13-14,16-23,25-26,28-32H,2-12H2,1H3,(H,24,27)/t13?,14?,16-,17+,18?,19?,20?,21?,22?,23-/m0/s1. The molecule has 13 heteroatoms. The molecule has 7 unspecified atom stereocenters. The summed E-state index contributed by atoms with van der Waals surface area (Å²) in [6.45, 7) is 1.59. The van der Waals surface area contributed by atoms with E-state index in [1.807, 2.05) is 6.92 Å². The summed E-state index contributed by atoms with van der Waals surface area (Å²) in [4.78, 5) is 11.6. The average molecular weight is 526 g/mol. The lowest BCUT2D eigenvalue weighted by Gasteiger charge is -2.45. The number of carbonyl (C=O) groups is 1. The third-order valence-corrected chi connectivity index (χ3v) is 6.39. The van der Waals surface area contributed by atoms with E-state index < -0.39 is 74.6 Å². The fourth-order valence-electron chi connectivity index (χ4n) is 4.12. The quantitative estimate of drug-likeness (QED) is 0.104. The van der Waals surface area contributed by atoms with Crippen molar-refractivity contribution in [3.63, 3.8) is 0 Å². The van der Waals surface area contributed by atoms with Gasteiger partial charge in [-0.2, -0.15) is 0 Å². The largest absolute Gasteiger partial charge is 0.394 e. The van der Waals surface area contributed by atoms with Crippen LogP contribution in [0.25, 0.3) is 0 Å². The molecule has 2 rings (SSSR count). The number of aliphatic hydroxyl groups is 7. The fraction of sp³-hybridized carbons (Fsp3) is 0.957. The number of amides is 1. The Hall–Kier alpha value is -0.970. The van der Waals surface area contributed by atoms with Gasteiger partial charge in [0, 0.05) is 19.6 Å². The molecular weight excluding hydrogens is 482 g/mol. The highest BCUT2D eigenvalue weighted by molar-refractivity contribution is 5.75. The summed E-state index contributed by atoms with van der Waals surface area (Å²) < 4.78 is 21.9. The van der Waals surface area contributed by atoms with Crippen LogP contribution in [0, 0.1) is 0 Å². The van der Waals surface area contributed by atoms with E-state index in [4.69, 9.17) is 18.9 Å². The number of hydrogen-bond donors (Lipinski definition) is 8. The van der Waals surface area contributed by atoms with Crippen LogP contribution in [0.1, 0.15) is 51.9 Å². The van der Waals surface area contributed by atoms with E-state index in [0.29, 0.717) is 19.4 Å². The normalized spacial score (nSPS) is 37.1. The number of aliphatic hydroxyl groups excluding tert-OH is 7. The molecule has 13 nitrogen and oxygen atoms in total. The molecule has 2 aliphatic rings. The summed E-state index contributed by atoms with van der Waals surface area (Å²) >= 11 is 0. The Balaban J connectivity index is 1.80. The van der Waals surface area contributed by atoms with Gasteiger partial charge in [-0.1, -0.05) is 26.2 Å². The first kappa shape index (κ1) is 31.2. The Bertz CT molecular complexity index is 626. The molecule has 0 aromatic rings. The molecule has 2 saturated heterocycles. The smallest absolute Gasteiger partial charge is 0.219 e. The molecule has 36 heavy (non-hydrogen) atoms. The Morgan fingerprint density at radius 1 is 0.778 bits per heavy atom. The van der Waals surface area contributed by atoms with Gasteiger partial charge in [-0.05, 0) is 19.3 Å². The predicted molar refractivity (Wildman–Crippen MR) is 123 cm³/mol. The van der Waals surface area contributed by atoms with Crippen molar-refractivity contribution in [1.29, 1.82) is 0 Å². The number of carbonyl (C=O) groups excluding carboxylic acids is 1. The van der Waals surface area contributed by atoms with Crippen molar-refractivity contribution in [2.24, 2.45) is 0 Å². The highest BCUT2D eigenvalue weighted by Crippen LogP contribution is 2.29. The molecule has 2 fully saturated rings. The molecular formula is C23H43NO12. The molecule has 0 spiro atoms. The minimum atomic E-state index is -1.73. The average Bonchev–Trinajstić information content (AvgIpc) is 2.87. The molecule has 10 atom stereocenters. The summed E-state index contributed by atoms with van der Waals surface area (Å²) in [7, 11) is 0. The van der Waals surface area contributed by atoms with E-state index in [0.717, 1.165) is 32.1 Å². The fourth-order valence-corrected chi connectivity index (χ4v) is 4.12. The molecule has 0 radical (unpaired) electrons. The zero-order chi connectivity index (χ0) is 26.7. The minimum absolute atomic E-state index is 0.0599. The first-order chi connectivity index (χ1) is 17.2. The zero-order valence-corrected chi connectivity index (χ0v) is 20.7. The maximum absolute atomic E-state index is 11.6. The van der Waals surface area contributed by atoms with Gasteiger partial charge in [0.05, 0.1) is 13.2 Å². The third kappa shape index (κ3) is 8.81. The first-order valence-electron chi connectivity index (χ1n) is 12.7. The van der Waals surface area contributed by atoms with Gasteiger partial charge in [0.25, 0.3) is 0 Å². The van der Waals surface area contributed by atoms with Crippen molar-refractivity contribution in [3.05, 3.63) is 0 Å². The molecule has 0 saturated carbocycles. The Morgan fingerprint density at radius 3 is 2.08 bits per heavy atom. The van der Waals surface area contributed by atoms with Crippen molar-refractivity contribution in [2.75, 3.05) is 26.4 Å². The van der Waals surface area contributed by atoms with Gasteiger partial charge < -0.3 is 60.0 Å². The summed E-state index contributed by atoms with van der Waals surface area (Å²) in [5.74, 6) is 0.0599. The second kappa shape index (κ2) is 16.1. The van der Waals surface area contributed by atoms with Crippen LogP contribution in [0.5, 0.6) is 0 Å². The maximum atomic E-state index is 11.6. The van der Waals surface area contributed by atoms with Crippen molar-refractivity contribution < 1.29 is 59.5 Å². The SMILES string of the molecule is CCCCC(=O)NCCCCCCOC1OC(CO)[C@@H](O)C(O[C@@H]2OC(CO)[C@H](O)C(O)C2O)C1O. The van der Waals surface area contributed by atoms with Crippen LogP contribution in [0.3, 0.4) is 0 Å². The molecule has 2 aliphatic heterocycles. The van der Waals surface area contributed by atoms with Crippen LogP contribution in [-0.4, -0.2) is 129 Å². The Labute approximate surface area is 210 Å². The number of ether oxygens (including phenoxy) is 4. The van der Waals surface area contributed by atoms with Gasteiger partial charge in [0.2, 0.25) is 5.91 Å². The monoisotopic (exact) mass is 525 g/mol. The first-order valence-corrected chi connectivity index (χ1v) is 12.7. The maximum Gasteiger partial charge on any atom is 0.219 e. The lowest BCUT2D eigenvalue weighted by atomic mass is 9.97. The van der Waals surface area contributed by atoms with E-state index in [2.05, 4.69) is 5.32 Å². The Kier molecular flexibility index (Phi) is 14.0. The second-order valence-electron chi connectivity index (χ2n) is 9.24. The van der Waals surface area contributed by atoms with Gasteiger partial charge in [0.15, 0.2) is 12.6 Å². The molecule has 212 valence electrons. The van der Waals surface area contributed by atoms with Gasteiger partial charge in [-0.25, -0.2) is 0 Å². The molecule has 0 aromatic heterocycles. The van der Waals surface area contributed by atoms with Crippen molar-refractivity contribution >= 4 is 5.91 Å². The van der Waals surface area contributed by atoms with Gasteiger partial charge in [-0.15, -0.1) is 0 Å². The molecule has 0 aromatic carbocycles. The lowest BCUT2D eigenvalue weighted by molar-refractivity contribution is -0.360. The molecule has 0 bridgehead atoms. The van der Waals surface area contributed by atoms with Crippen LogP contribution in [0.4, 0.5) is 0 Å². The molecule has 0 aliphatic carbocycles. The van der Waals surface area contributed by atoms with Crippen LogP contribution >= 0.6 is 0 Å². The van der Waals surface area contributed by atoms with Gasteiger partial charge in [-0.3, -0.25) is 4.79 Å². The van der Waals surface area contributed by atoms with Crippen LogP contribution < -0.4 is 5.32 Å². The van der Waals surface area contributed by atoms with Gasteiger partial charge in [0.1, 0.15) is 48.8 Å². The van der Waals surface area contributed by atoms with Crippen LogP contribution in [0.15, 0.2) is 0 Å². The van der Waals surface area contributed by atoms with Crippen molar-refractivity contribution in [3.8, 4) is 0 Å². The summed E-state index contributed by atoms with van der Waals surface area (Å²) in [5, 5.41) is 73.1. The number of unbranched alkanes of at least 4 members (excludes halogenated alkanes) is 4. The van der Waals surface area contributed by atoms with Crippen molar-refractivity contribution in [1.82, 2.24) is 5.32 Å². The highest BCUT2D eigenvalue weighted by Gasteiger charge is 2.50. The summed E-state index contributed by atoms with van der Waals surface area (Å²) in [6.07, 6.45) is -9.19. The third-order valence-electron chi connectivity index (χ3n) is 6.39. The van der Waals surface area contributed by atoms with E-state index in [9.17, 15) is 40.5 Å². The van der Waals surface area contributed by atoms with E-state index in [1.165, 1.54) is 0 Å². The molecule has 2 heterocycles. The summed E-state index contributed by atoms with van der Waals surface area (Å²) in [5.41, 5.74) is 0. The number of nitrogens with one attached hydrogen (secondary N) is 1. The predicted octanol–water partition coefficient (Wildman–Crippen LogP) is -2.51. The van der Waals surface area contributed by atoms with Crippen LogP contribution in [0.2, 0.25) is 0 Å². The van der Waals surface area contributed by atoms with E-state index >= 15 is 0 Å². The van der Waals surface area contributed by atoms with Crippen molar-refractivity contribution in [2.45, 2.75) is 113 Å². The summed E-state index contributed by atoms with van der Waals surface area (Å²) in [6, 6.07) is 0. The lowest BCUT2D eigenvalue weighted by Crippen LogP contribution is -2.64.